The lowest BCUT2D eigenvalue weighted by molar-refractivity contribution is 0.270. The van der Waals surface area contributed by atoms with Crippen LogP contribution in [0, 0.1) is 0 Å². The summed E-state index contributed by atoms with van der Waals surface area (Å²) >= 11 is 0. The Kier molecular flexibility index (Phi) is 5.45. The summed E-state index contributed by atoms with van der Waals surface area (Å²) < 4.78 is 0. The van der Waals surface area contributed by atoms with Crippen LogP contribution in [0.2, 0.25) is 0 Å². The van der Waals surface area contributed by atoms with Crippen LogP contribution in [0.5, 0.6) is 0 Å². The predicted molar refractivity (Wildman–Crippen MR) is 73.5 cm³/mol. The molecule has 96 valence electrons. The van der Waals surface area contributed by atoms with Crippen molar-refractivity contribution in [2.75, 3.05) is 25.1 Å². The van der Waals surface area contributed by atoms with Crippen molar-refractivity contribution in [3.05, 3.63) is 29.8 Å². The minimum atomic E-state index is 0.130. The van der Waals surface area contributed by atoms with Crippen molar-refractivity contribution in [2.24, 2.45) is 0 Å². The molecule has 0 spiro atoms. The van der Waals surface area contributed by atoms with Crippen molar-refractivity contribution >= 4 is 5.69 Å². The standard InChI is InChI=1S/C14H24N2O/c1-5-15-12(3)13-8-6-7-9-14(13)16(4)11(2)10-17/h6-9,11-12,15,17H,5,10H2,1-4H3. The van der Waals surface area contributed by atoms with Crippen LogP contribution in [0.3, 0.4) is 0 Å². The zero-order chi connectivity index (χ0) is 12.8. The first-order valence-corrected chi connectivity index (χ1v) is 6.27. The number of para-hydroxylation sites is 1. The van der Waals surface area contributed by atoms with Gasteiger partial charge in [0.15, 0.2) is 0 Å². The topological polar surface area (TPSA) is 35.5 Å². The van der Waals surface area contributed by atoms with E-state index in [1.807, 2.05) is 20.0 Å². The van der Waals surface area contributed by atoms with Crippen molar-refractivity contribution < 1.29 is 5.11 Å². The summed E-state index contributed by atoms with van der Waals surface area (Å²) in [6, 6.07) is 8.80. The van der Waals surface area contributed by atoms with Gasteiger partial charge in [-0.25, -0.2) is 0 Å². The molecule has 0 aromatic heterocycles. The lowest BCUT2D eigenvalue weighted by Crippen LogP contribution is -2.33. The van der Waals surface area contributed by atoms with Crippen LogP contribution in [-0.4, -0.2) is 31.3 Å². The summed E-state index contributed by atoms with van der Waals surface area (Å²) in [4.78, 5) is 2.13. The number of rotatable bonds is 6. The summed E-state index contributed by atoms with van der Waals surface area (Å²) in [6.45, 7) is 7.42. The summed E-state index contributed by atoms with van der Waals surface area (Å²) in [5.74, 6) is 0. The van der Waals surface area contributed by atoms with Gasteiger partial charge in [0.2, 0.25) is 0 Å². The highest BCUT2D eigenvalue weighted by molar-refractivity contribution is 5.55. The Morgan fingerprint density at radius 2 is 1.94 bits per heavy atom. The summed E-state index contributed by atoms with van der Waals surface area (Å²) in [6.07, 6.45) is 0. The number of anilines is 1. The van der Waals surface area contributed by atoms with Gasteiger partial charge in [0.1, 0.15) is 0 Å². The van der Waals surface area contributed by atoms with Gasteiger partial charge < -0.3 is 15.3 Å². The van der Waals surface area contributed by atoms with Gasteiger partial charge in [0.25, 0.3) is 0 Å². The van der Waals surface area contributed by atoms with Crippen molar-refractivity contribution in [3.8, 4) is 0 Å². The van der Waals surface area contributed by atoms with Gasteiger partial charge in [-0.1, -0.05) is 25.1 Å². The first-order chi connectivity index (χ1) is 8.11. The third kappa shape index (κ3) is 3.45. The van der Waals surface area contributed by atoms with Gasteiger partial charge in [-0.05, 0) is 32.0 Å². The van der Waals surface area contributed by atoms with E-state index in [0.29, 0.717) is 6.04 Å². The molecule has 1 aromatic carbocycles. The molecule has 0 fully saturated rings. The van der Waals surface area contributed by atoms with E-state index in [1.54, 1.807) is 0 Å². The van der Waals surface area contributed by atoms with Crippen LogP contribution in [0.15, 0.2) is 24.3 Å². The van der Waals surface area contributed by atoms with Crippen LogP contribution >= 0.6 is 0 Å². The molecule has 0 saturated carbocycles. The fourth-order valence-electron chi connectivity index (χ4n) is 1.95. The zero-order valence-corrected chi connectivity index (χ0v) is 11.3. The predicted octanol–water partition coefficient (Wildman–Crippen LogP) is 2.17. The number of nitrogens with zero attached hydrogens (tertiary/aromatic N) is 1. The largest absolute Gasteiger partial charge is 0.394 e. The molecule has 3 nitrogen and oxygen atoms in total. The van der Waals surface area contributed by atoms with E-state index in [4.69, 9.17) is 0 Å². The van der Waals surface area contributed by atoms with E-state index in [1.165, 1.54) is 11.3 Å². The van der Waals surface area contributed by atoms with Gasteiger partial charge in [0.05, 0.1) is 6.61 Å². The number of likely N-dealkylation sites (N-methyl/N-ethyl adjacent to an activating group) is 1. The maximum Gasteiger partial charge on any atom is 0.0632 e. The van der Waals surface area contributed by atoms with Gasteiger partial charge in [-0.3, -0.25) is 0 Å². The molecule has 2 atom stereocenters. The zero-order valence-electron chi connectivity index (χ0n) is 11.3. The van der Waals surface area contributed by atoms with Gasteiger partial charge in [-0.15, -0.1) is 0 Å². The van der Waals surface area contributed by atoms with Crippen molar-refractivity contribution in [1.82, 2.24) is 5.32 Å². The molecule has 17 heavy (non-hydrogen) atoms. The second kappa shape index (κ2) is 6.62. The van der Waals surface area contributed by atoms with Crippen LogP contribution < -0.4 is 10.2 Å². The van der Waals surface area contributed by atoms with E-state index < -0.39 is 0 Å². The molecule has 1 rings (SSSR count). The van der Waals surface area contributed by atoms with Crippen LogP contribution in [0.4, 0.5) is 5.69 Å². The highest BCUT2D eigenvalue weighted by atomic mass is 16.3. The number of hydrogen-bond donors (Lipinski definition) is 2. The molecule has 2 unspecified atom stereocenters. The third-order valence-corrected chi connectivity index (χ3v) is 3.22. The highest BCUT2D eigenvalue weighted by Crippen LogP contribution is 2.26. The molecule has 0 aliphatic rings. The Bertz CT molecular complexity index is 341. The number of benzene rings is 1. The Morgan fingerprint density at radius 3 is 2.53 bits per heavy atom. The fourth-order valence-corrected chi connectivity index (χ4v) is 1.95. The molecule has 0 aliphatic carbocycles. The molecular formula is C14H24N2O. The molecular weight excluding hydrogens is 212 g/mol. The van der Waals surface area contributed by atoms with E-state index in [-0.39, 0.29) is 12.6 Å². The van der Waals surface area contributed by atoms with Crippen molar-refractivity contribution in [2.45, 2.75) is 32.9 Å². The maximum atomic E-state index is 9.24. The van der Waals surface area contributed by atoms with Crippen LogP contribution in [0.25, 0.3) is 0 Å². The molecule has 2 N–H and O–H groups in total. The van der Waals surface area contributed by atoms with Crippen LogP contribution in [-0.2, 0) is 0 Å². The Hall–Kier alpha value is -1.06. The minimum absolute atomic E-state index is 0.130. The van der Waals surface area contributed by atoms with Crippen molar-refractivity contribution in [1.29, 1.82) is 0 Å². The van der Waals surface area contributed by atoms with E-state index >= 15 is 0 Å². The SMILES string of the molecule is CCNC(C)c1ccccc1N(C)C(C)CO. The van der Waals surface area contributed by atoms with E-state index in [0.717, 1.165) is 6.54 Å². The van der Waals surface area contributed by atoms with Gasteiger partial charge >= 0.3 is 0 Å². The van der Waals surface area contributed by atoms with E-state index in [9.17, 15) is 5.11 Å². The number of nitrogens with one attached hydrogen (secondary N) is 1. The van der Waals surface area contributed by atoms with E-state index in [2.05, 4.69) is 42.3 Å². The Balaban J connectivity index is 2.98. The Morgan fingerprint density at radius 1 is 1.29 bits per heavy atom. The molecule has 0 heterocycles. The maximum absolute atomic E-state index is 9.24. The summed E-state index contributed by atoms with van der Waals surface area (Å²) in [5, 5.41) is 12.7. The smallest absolute Gasteiger partial charge is 0.0632 e. The molecule has 1 aromatic rings. The molecule has 3 heteroatoms. The second-order valence-corrected chi connectivity index (χ2v) is 4.48. The quantitative estimate of drug-likeness (QED) is 0.794. The first-order valence-electron chi connectivity index (χ1n) is 6.27. The number of aliphatic hydroxyl groups is 1. The average Bonchev–Trinajstić information content (AvgIpc) is 2.37. The lowest BCUT2D eigenvalue weighted by Gasteiger charge is -2.29. The summed E-state index contributed by atoms with van der Waals surface area (Å²) in [7, 11) is 2.03. The fraction of sp³-hybridized carbons (Fsp3) is 0.571. The third-order valence-electron chi connectivity index (χ3n) is 3.22. The highest BCUT2D eigenvalue weighted by Gasteiger charge is 2.15. The number of aliphatic hydroxyl groups excluding tert-OH is 1. The first kappa shape index (κ1) is 14.0. The average molecular weight is 236 g/mol. The molecule has 0 radical (unpaired) electrons. The summed E-state index contributed by atoms with van der Waals surface area (Å²) in [5.41, 5.74) is 2.46. The number of hydrogen-bond acceptors (Lipinski definition) is 3. The van der Waals surface area contributed by atoms with Crippen LogP contribution in [0.1, 0.15) is 32.4 Å². The van der Waals surface area contributed by atoms with Crippen molar-refractivity contribution in [3.63, 3.8) is 0 Å². The minimum Gasteiger partial charge on any atom is -0.394 e. The monoisotopic (exact) mass is 236 g/mol. The normalized spacial score (nSPS) is 14.4. The molecule has 0 aliphatic heterocycles. The second-order valence-electron chi connectivity index (χ2n) is 4.48. The Labute approximate surface area is 104 Å². The molecule has 0 amide bonds. The molecule has 0 saturated heterocycles. The van der Waals surface area contributed by atoms with Gasteiger partial charge in [0, 0.05) is 24.8 Å². The molecule has 0 bridgehead atoms. The van der Waals surface area contributed by atoms with Gasteiger partial charge in [-0.2, -0.15) is 0 Å². The lowest BCUT2D eigenvalue weighted by atomic mass is 10.0.